The van der Waals surface area contributed by atoms with Gasteiger partial charge in [0, 0.05) is 0 Å². The van der Waals surface area contributed by atoms with E-state index in [0.29, 0.717) is 12.2 Å². The zero-order chi connectivity index (χ0) is 16.0. The fraction of sp³-hybridized carbons (Fsp3) is 0.800. The van der Waals surface area contributed by atoms with Gasteiger partial charge in [-0.2, -0.15) is 0 Å². The molecule has 2 aliphatic heterocycles. The highest BCUT2D eigenvalue weighted by molar-refractivity contribution is 4.80. The van der Waals surface area contributed by atoms with E-state index in [1.54, 1.807) is 0 Å². The second-order valence-corrected chi connectivity index (χ2v) is 6.77. The van der Waals surface area contributed by atoms with Crippen molar-refractivity contribution < 1.29 is 14.2 Å². The molecule has 132 valence electrons. The third kappa shape index (κ3) is 12.3. The average molecular weight is 322 g/mol. The van der Waals surface area contributed by atoms with Crippen LogP contribution in [0.5, 0.6) is 0 Å². The van der Waals surface area contributed by atoms with Gasteiger partial charge in [0.1, 0.15) is 0 Å². The summed E-state index contributed by atoms with van der Waals surface area (Å²) in [5, 5.41) is 0. The maximum atomic E-state index is 5.37. The molecule has 3 nitrogen and oxygen atoms in total. The first kappa shape index (κ1) is 18.5. The van der Waals surface area contributed by atoms with Crippen molar-refractivity contribution in [2.24, 2.45) is 0 Å². The predicted molar refractivity (Wildman–Crippen MR) is 94.2 cm³/mol. The number of unbranched alkanes of at least 4 members (excludes halogenated alkanes) is 8. The van der Waals surface area contributed by atoms with Gasteiger partial charge in [-0.1, -0.05) is 38.5 Å². The van der Waals surface area contributed by atoms with Gasteiger partial charge in [-0.05, 0) is 50.7 Å². The molecule has 0 amide bonds. The van der Waals surface area contributed by atoms with Crippen LogP contribution in [0.15, 0.2) is 24.7 Å². The lowest BCUT2D eigenvalue weighted by molar-refractivity contribution is 0.387. The molecular weight excluding hydrogens is 288 g/mol. The van der Waals surface area contributed by atoms with Gasteiger partial charge in [0.25, 0.3) is 0 Å². The van der Waals surface area contributed by atoms with Crippen molar-refractivity contribution in [3.63, 3.8) is 0 Å². The lowest BCUT2D eigenvalue weighted by Gasteiger charge is -1.98. The molecule has 0 aromatic heterocycles. The fourth-order valence-electron chi connectivity index (χ4n) is 2.74. The highest BCUT2D eigenvalue weighted by Crippen LogP contribution is 2.18. The molecule has 0 saturated carbocycles. The third-order valence-corrected chi connectivity index (χ3v) is 4.45. The lowest BCUT2D eigenvalue weighted by Crippen LogP contribution is -1.85. The summed E-state index contributed by atoms with van der Waals surface area (Å²) in [7, 11) is 0. The van der Waals surface area contributed by atoms with Crippen LogP contribution in [0.25, 0.3) is 0 Å². The Balaban J connectivity index is 1.24. The molecular formula is C20H34O3. The molecule has 2 atom stereocenters. The number of hydrogen-bond donors (Lipinski definition) is 0. The van der Waals surface area contributed by atoms with Crippen molar-refractivity contribution in [3.05, 3.63) is 24.7 Å². The summed E-state index contributed by atoms with van der Waals surface area (Å²) in [4.78, 5) is 0. The van der Waals surface area contributed by atoms with Crippen molar-refractivity contribution in [1.29, 1.82) is 0 Å². The SMILES string of the molecule is C(=COC=CCCCCCCC1CO1)CCCCCCC1CO1. The smallest absolute Gasteiger partial charge is 0.0861 e. The zero-order valence-corrected chi connectivity index (χ0v) is 14.6. The van der Waals surface area contributed by atoms with Gasteiger partial charge < -0.3 is 14.2 Å². The molecule has 0 radical (unpaired) electrons. The van der Waals surface area contributed by atoms with Gasteiger partial charge in [0.2, 0.25) is 0 Å². The van der Waals surface area contributed by atoms with Gasteiger partial charge in [0.15, 0.2) is 0 Å². The summed E-state index contributed by atoms with van der Waals surface area (Å²) in [5.74, 6) is 0. The predicted octanol–water partition coefficient (Wildman–Crippen LogP) is 5.51. The summed E-state index contributed by atoms with van der Waals surface area (Å²) in [6.45, 7) is 2.01. The van der Waals surface area contributed by atoms with Crippen molar-refractivity contribution in [2.45, 2.75) is 89.3 Å². The van der Waals surface area contributed by atoms with Crippen LogP contribution in [0.2, 0.25) is 0 Å². The highest BCUT2D eigenvalue weighted by Gasteiger charge is 2.21. The Morgan fingerprint density at radius 3 is 1.52 bits per heavy atom. The van der Waals surface area contributed by atoms with Crippen molar-refractivity contribution in [3.8, 4) is 0 Å². The Morgan fingerprint density at radius 2 is 1.09 bits per heavy atom. The van der Waals surface area contributed by atoms with E-state index in [0.717, 1.165) is 26.1 Å². The molecule has 2 saturated heterocycles. The second kappa shape index (κ2) is 12.6. The Bertz CT molecular complexity index is 298. The summed E-state index contributed by atoms with van der Waals surface area (Å²) in [6, 6.07) is 0. The van der Waals surface area contributed by atoms with Crippen molar-refractivity contribution in [2.75, 3.05) is 13.2 Å². The van der Waals surface area contributed by atoms with E-state index < -0.39 is 0 Å². The van der Waals surface area contributed by atoms with Crippen LogP contribution >= 0.6 is 0 Å². The Kier molecular flexibility index (Phi) is 10.2. The molecule has 0 aromatic carbocycles. The van der Waals surface area contributed by atoms with E-state index >= 15 is 0 Å². The molecule has 2 aliphatic rings. The average Bonchev–Trinajstić information content (AvgIpc) is 3.45. The maximum absolute atomic E-state index is 5.37. The van der Waals surface area contributed by atoms with E-state index in [1.807, 2.05) is 12.5 Å². The minimum absolute atomic E-state index is 0.604. The van der Waals surface area contributed by atoms with E-state index in [9.17, 15) is 0 Å². The topological polar surface area (TPSA) is 34.3 Å². The maximum Gasteiger partial charge on any atom is 0.0861 e. The summed E-state index contributed by atoms with van der Waals surface area (Å²) < 4.78 is 15.8. The lowest BCUT2D eigenvalue weighted by atomic mass is 10.1. The van der Waals surface area contributed by atoms with Crippen LogP contribution in [-0.2, 0) is 14.2 Å². The van der Waals surface area contributed by atoms with E-state index in [4.69, 9.17) is 14.2 Å². The molecule has 0 aliphatic carbocycles. The number of hydrogen-bond acceptors (Lipinski definition) is 3. The van der Waals surface area contributed by atoms with Crippen molar-refractivity contribution >= 4 is 0 Å². The van der Waals surface area contributed by atoms with Gasteiger partial charge >= 0.3 is 0 Å². The van der Waals surface area contributed by atoms with Gasteiger partial charge in [0.05, 0.1) is 37.9 Å². The first-order valence-corrected chi connectivity index (χ1v) is 9.64. The second-order valence-electron chi connectivity index (χ2n) is 6.77. The summed E-state index contributed by atoms with van der Waals surface area (Å²) in [5.41, 5.74) is 0. The largest absolute Gasteiger partial charge is 0.473 e. The van der Waals surface area contributed by atoms with E-state index in [-0.39, 0.29) is 0 Å². The Hall–Kier alpha value is -0.800. The summed E-state index contributed by atoms with van der Waals surface area (Å²) >= 11 is 0. The van der Waals surface area contributed by atoms with Crippen molar-refractivity contribution in [1.82, 2.24) is 0 Å². The van der Waals surface area contributed by atoms with Crippen LogP contribution in [0.4, 0.5) is 0 Å². The Morgan fingerprint density at radius 1 is 0.652 bits per heavy atom. The molecule has 2 heterocycles. The minimum atomic E-state index is 0.604. The molecule has 0 bridgehead atoms. The normalized spacial score (nSPS) is 23.0. The molecule has 2 fully saturated rings. The van der Waals surface area contributed by atoms with Crippen LogP contribution in [-0.4, -0.2) is 25.4 Å². The van der Waals surface area contributed by atoms with Crippen LogP contribution in [0.3, 0.4) is 0 Å². The first-order chi connectivity index (χ1) is 11.4. The molecule has 2 rings (SSSR count). The van der Waals surface area contributed by atoms with Gasteiger partial charge in [-0.25, -0.2) is 0 Å². The highest BCUT2D eigenvalue weighted by atomic mass is 16.6. The molecule has 2 unspecified atom stereocenters. The van der Waals surface area contributed by atoms with Crippen LogP contribution in [0, 0.1) is 0 Å². The quantitative estimate of drug-likeness (QED) is 0.213. The monoisotopic (exact) mass is 322 g/mol. The zero-order valence-electron chi connectivity index (χ0n) is 14.6. The standard InChI is InChI=1S/C20H34O3/c1(5-9-13-19-17-22-19)3-7-11-15-21-16-12-8-4-2-6-10-14-20-18-23-20/h11-12,15-16,19-20H,1-10,13-14,17-18H2. The minimum Gasteiger partial charge on any atom is -0.473 e. The molecule has 23 heavy (non-hydrogen) atoms. The first-order valence-electron chi connectivity index (χ1n) is 9.64. The molecule has 3 heteroatoms. The van der Waals surface area contributed by atoms with Crippen LogP contribution in [0.1, 0.15) is 77.0 Å². The molecule has 0 spiro atoms. The number of allylic oxidation sites excluding steroid dienone is 2. The molecule has 0 aromatic rings. The van der Waals surface area contributed by atoms with E-state index in [1.165, 1.54) is 64.2 Å². The summed E-state index contributed by atoms with van der Waals surface area (Å²) in [6.07, 6.45) is 24.4. The molecule has 0 N–H and O–H groups in total. The number of epoxide rings is 2. The third-order valence-electron chi connectivity index (χ3n) is 4.45. The Labute approximate surface area is 142 Å². The van der Waals surface area contributed by atoms with Gasteiger partial charge in [-0.3, -0.25) is 0 Å². The number of ether oxygens (including phenoxy) is 3. The number of rotatable bonds is 16. The van der Waals surface area contributed by atoms with E-state index in [2.05, 4.69) is 12.2 Å². The fourth-order valence-corrected chi connectivity index (χ4v) is 2.74. The van der Waals surface area contributed by atoms with Gasteiger partial charge in [-0.15, -0.1) is 0 Å². The van der Waals surface area contributed by atoms with Crippen LogP contribution < -0.4 is 0 Å².